The minimum Gasteiger partial charge on any atom is -0.363 e. The van der Waals surface area contributed by atoms with Crippen LogP contribution in [0.15, 0.2) is 65.2 Å². The molecule has 7 heteroatoms. The number of carbonyl (C=O) groups is 3. The van der Waals surface area contributed by atoms with E-state index in [4.69, 9.17) is 10.3 Å². The molecule has 0 saturated heterocycles. The molecule has 2 amide bonds. The molecule has 28 heavy (non-hydrogen) atoms. The highest BCUT2D eigenvalue weighted by atomic mass is 16.5. The Kier molecular flexibility index (Phi) is 5.64. The molecule has 0 saturated carbocycles. The standard InChI is InChI=1S/C21H19N3O4/c1-13-17(18(24-28-13)15-10-6-3-7-11-15)21(27)23-16(19(25)20(22)26)12-14-8-4-2-5-9-14/h2-11,16H,12H2,1H3,(H2,22,26)(H,23,27). The maximum atomic E-state index is 12.9. The highest BCUT2D eigenvalue weighted by molar-refractivity contribution is 6.38. The fourth-order valence-electron chi connectivity index (χ4n) is 2.89. The highest BCUT2D eigenvalue weighted by Gasteiger charge is 2.29. The van der Waals surface area contributed by atoms with E-state index < -0.39 is 23.6 Å². The lowest BCUT2D eigenvalue weighted by atomic mass is 10.0. The Morgan fingerprint density at radius 1 is 1.04 bits per heavy atom. The first-order valence-electron chi connectivity index (χ1n) is 8.67. The van der Waals surface area contributed by atoms with Crippen LogP contribution < -0.4 is 11.1 Å². The Bertz CT molecular complexity index is 997. The lowest BCUT2D eigenvalue weighted by molar-refractivity contribution is -0.137. The summed E-state index contributed by atoms with van der Waals surface area (Å²) in [4.78, 5) is 36.6. The van der Waals surface area contributed by atoms with Gasteiger partial charge < -0.3 is 15.6 Å². The van der Waals surface area contributed by atoms with Crippen LogP contribution in [0, 0.1) is 6.92 Å². The lowest BCUT2D eigenvalue weighted by Gasteiger charge is -2.16. The maximum absolute atomic E-state index is 12.9. The van der Waals surface area contributed by atoms with Gasteiger partial charge in [0.25, 0.3) is 11.8 Å². The van der Waals surface area contributed by atoms with Crippen LogP contribution in [0.4, 0.5) is 0 Å². The zero-order valence-electron chi connectivity index (χ0n) is 15.2. The summed E-state index contributed by atoms with van der Waals surface area (Å²) in [5, 5.41) is 6.58. The van der Waals surface area contributed by atoms with Gasteiger partial charge in [-0.25, -0.2) is 0 Å². The topological polar surface area (TPSA) is 115 Å². The van der Waals surface area contributed by atoms with Crippen molar-refractivity contribution < 1.29 is 18.9 Å². The van der Waals surface area contributed by atoms with Crippen LogP contribution in [-0.4, -0.2) is 28.8 Å². The molecule has 0 radical (unpaired) electrons. The summed E-state index contributed by atoms with van der Waals surface area (Å²) in [7, 11) is 0. The van der Waals surface area contributed by atoms with Gasteiger partial charge in [0.2, 0.25) is 5.78 Å². The molecule has 7 nitrogen and oxygen atoms in total. The van der Waals surface area contributed by atoms with Crippen LogP contribution >= 0.6 is 0 Å². The zero-order chi connectivity index (χ0) is 20.1. The quantitative estimate of drug-likeness (QED) is 0.612. The summed E-state index contributed by atoms with van der Waals surface area (Å²) >= 11 is 0. The number of rotatable bonds is 7. The smallest absolute Gasteiger partial charge is 0.287 e. The van der Waals surface area contributed by atoms with E-state index in [2.05, 4.69) is 10.5 Å². The lowest BCUT2D eigenvalue weighted by Crippen LogP contribution is -2.47. The summed E-state index contributed by atoms with van der Waals surface area (Å²) in [5.41, 5.74) is 7.22. The van der Waals surface area contributed by atoms with Crippen molar-refractivity contribution in [3.05, 3.63) is 77.6 Å². The van der Waals surface area contributed by atoms with Gasteiger partial charge in [0.05, 0.1) is 0 Å². The monoisotopic (exact) mass is 377 g/mol. The molecule has 0 aliphatic rings. The first-order chi connectivity index (χ1) is 13.5. The van der Waals surface area contributed by atoms with Gasteiger partial charge >= 0.3 is 0 Å². The fourth-order valence-corrected chi connectivity index (χ4v) is 2.89. The van der Waals surface area contributed by atoms with Crippen LogP contribution in [0.3, 0.4) is 0 Å². The third kappa shape index (κ3) is 4.15. The largest absolute Gasteiger partial charge is 0.363 e. The van der Waals surface area contributed by atoms with Crippen molar-refractivity contribution in [1.82, 2.24) is 10.5 Å². The SMILES string of the molecule is Cc1onc(-c2ccccc2)c1C(=O)NC(Cc1ccccc1)C(=O)C(N)=O. The maximum Gasteiger partial charge on any atom is 0.287 e. The number of hydrogen-bond acceptors (Lipinski definition) is 5. The second kappa shape index (κ2) is 8.30. The van der Waals surface area contributed by atoms with E-state index in [1.54, 1.807) is 43.3 Å². The number of nitrogens with one attached hydrogen (secondary N) is 1. The molecule has 0 fully saturated rings. The summed E-state index contributed by atoms with van der Waals surface area (Å²) in [6, 6.07) is 17.0. The molecule has 2 aromatic carbocycles. The van der Waals surface area contributed by atoms with Crippen LogP contribution in [0.25, 0.3) is 11.3 Å². The van der Waals surface area contributed by atoms with Gasteiger partial charge in [-0.3, -0.25) is 14.4 Å². The van der Waals surface area contributed by atoms with Crippen molar-refractivity contribution in [3.63, 3.8) is 0 Å². The first kappa shape index (κ1) is 19.0. The van der Waals surface area contributed by atoms with Crippen molar-refractivity contribution in [3.8, 4) is 11.3 Å². The second-order valence-electron chi connectivity index (χ2n) is 6.27. The van der Waals surface area contributed by atoms with Gasteiger partial charge in [-0.15, -0.1) is 0 Å². The van der Waals surface area contributed by atoms with E-state index in [-0.39, 0.29) is 12.0 Å². The number of hydrogen-bond donors (Lipinski definition) is 2. The minimum absolute atomic E-state index is 0.138. The van der Waals surface area contributed by atoms with Crippen LogP contribution in [0.2, 0.25) is 0 Å². The van der Waals surface area contributed by atoms with Gasteiger partial charge in [-0.2, -0.15) is 0 Å². The normalized spacial score (nSPS) is 11.6. The van der Waals surface area contributed by atoms with Crippen LogP contribution in [0.5, 0.6) is 0 Å². The number of ketones is 1. The van der Waals surface area contributed by atoms with Crippen molar-refractivity contribution in [2.75, 3.05) is 0 Å². The average Bonchev–Trinajstić information content (AvgIpc) is 3.10. The van der Waals surface area contributed by atoms with Gasteiger partial charge in [-0.05, 0) is 12.5 Å². The predicted octanol–water partition coefficient (Wildman–Crippen LogP) is 2.05. The molecule has 142 valence electrons. The molecular formula is C21H19N3O4. The molecule has 3 aromatic rings. The number of Topliss-reactive ketones (excluding diaryl/α,β-unsaturated/α-hetero) is 1. The summed E-state index contributed by atoms with van der Waals surface area (Å²) in [6.07, 6.45) is 0.138. The van der Waals surface area contributed by atoms with E-state index in [1.165, 1.54) is 0 Å². The van der Waals surface area contributed by atoms with Crippen molar-refractivity contribution in [2.45, 2.75) is 19.4 Å². The molecule has 1 heterocycles. The van der Waals surface area contributed by atoms with Crippen molar-refractivity contribution in [1.29, 1.82) is 0 Å². The molecular weight excluding hydrogens is 358 g/mol. The number of nitrogens with two attached hydrogens (primary N) is 1. The van der Waals surface area contributed by atoms with Gasteiger partial charge in [0.1, 0.15) is 23.1 Å². The first-order valence-corrected chi connectivity index (χ1v) is 8.67. The third-order valence-electron chi connectivity index (χ3n) is 4.28. The number of aryl methyl sites for hydroxylation is 1. The Hall–Kier alpha value is -3.74. The summed E-state index contributed by atoms with van der Waals surface area (Å²) in [6.45, 7) is 1.61. The fraction of sp³-hybridized carbons (Fsp3) is 0.143. The number of nitrogens with zero attached hydrogens (tertiary/aromatic N) is 1. The van der Waals surface area contributed by atoms with Crippen molar-refractivity contribution >= 4 is 17.6 Å². The Labute approximate surface area is 161 Å². The molecule has 3 N–H and O–H groups in total. The van der Waals surface area contributed by atoms with Crippen LogP contribution in [0.1, 0.15) is 21.7 Å². The average molecular weight is 377 g/mol. The number of amides is 2. The van der Waals surface area contributed by atoms with Gasteiger partial charge in [0.15, 0.2) is 0 Å². The van der Waals surface area contributed by atoms with E-state index in [9.17, 15) is 14.4 Å². The molecule has 3 rings (SSSR count). The molecule has 0 aliphatic carbocycles. The minimum atomic E-state index is -1.11. The molecule has 0 spiro atoms. The van der Waals surface area contributed by atoms with E-state index in [1.807, 2.05) is 24.3 Å². The molecule has 1 aromatic heterocycles. The van der Waals surface area contributed by atoms with Crippen molar-refractivity contribution in [2.24, 2.45) is 5.73 Å². The Balaban J connectivity index is 1.89. The molecule has 1 unspecified atom stereocenters. The van der Waals surface area contributed by atoms with Gasteiger partial charge in [-0.1, -0.05) is 65.8 Å². The van der Waals surface area contributed by atoms with E-state index >= 15 is 0 Å². The number of carbonyl (C=O) groups excluding carboxylic acids is 3. The zero-order valence-corrected chi connectivity index (χ0v) is 15.2. The van der Waals surface area contributed by atoms with Crippen LogP contribution in [-0.2, 0) is 16.0 Å². The predicted molar refractivity (Wildman–Crippen MR) is 102 cm³/mol. The Morgan fingerprint density at radius 2 is 1.64 bits per heavy atom. The third-order valence-corrected chi connectivity index (χ3v) is 4.28. The second-order valence-corrected chi connectivity index (χ2v) is 6.27. The number of primary amides is 1. The van der Waals surface area contributed by atoms with E-state index in [0.717, 1.165) is 5.56 Å². The Morgan fingerprint density at radius 3 is 2.25 bits per heavy atom. The number of benzene rings is 2. The number of aromatic nitrogens is 1. The summed E-state index contributed by atoms with van der Waals surface area (Å²) < 4.78 is 5.19. The molecule has 1 atom stereocenters. The molecule has 0 aliphatic heterocycles. The van der Waals surface area contributed by atoms with Gasteiger partial charge in [0, 0.05) is 12.0 Å². The summed E-state index contributed by atoms with van der Waals surface area (Å²) in [5.74, 6) is -2.23. The highest BCUT2D eigenvalue weighted by Crippen LogP contribution is 2.25. The molecule has 0 bridgehead atoms. The van der Waals surface area contributed by atoms with E-state index in [0.29, 0.717) is 17.0 Å².